The van der Waals surface area contributed by atoms with Gasteiger partial charge in [-0.25, -0.2) is 0 Å². The van der Waals surface area contributed by atoms with E-state index in [1.807, 2.05) is 24.3 Å². The number of benzene rings is 1. The molecule has 5 heteroatoms. The summed E-state index contributed by atoms with van der Waals surface area (Å²) in [6.45, 7) is 0. The van der Waals surface area contributed by atoms with Gasteiger partial charge in [0.05, 0.1) is 12.0 Å². The van der Waals surface area contributed by atoms with Crippen LogP contribution >= 0.6 is 27.7 Å². The summed E-state index contributed by atoms with van der Waals surface area (Å²) in [5, 5.41) is 2.59. The van der Waals surface area contributed by atoms with Crippen molar-refractivity contribution in [3.05, 3.63) is 46.8 Å². The summed E-state index contributed by atoms with van der Waals surface area (Å²) < 4.78 is 6.19. The number of halogens is 1. The van der Waals surface area contributed by atoms with Crippen LogP contribution in [0.25, 0.3) is 0 Å². The van der Waals surface area contributed by atoms with Gasteiger partial charge in [0.1, 0.15) is 11.0 Å². The van der Waals surface area contributed by atoms with E-state index >= 15 is 0 Å². The van der Waals surface area contributed by atoms with Gasteiger partial charge >= 0.3 is 0 Å². The number of para-hydroxylation sites is 1. The number of carbonyl (C=O) groups is 1. The molecule has 1 aromatic heterocycles. The zero-order valence-electron chi connectivity index (χ0n) is 8.64. The smallest absolute Gasteiger partial charge is 0.245 e. The first-order chi connectivity index (χ1) is 8.25. The molecule has 0 spiro atoms. The molecule has 1 atom stereocenters. The molecule has 1 N–H and O–H groups in total. The maximum Gasteiger partial charge on any atom is 0.245 e. The molecule has 0 radical (unpaired) electrons. The molecule has 0 fully saturated rings. The summed E-state index contributed by atoms with van der Waals surface area (Å²) >= 11 is 4.93. The number of fused-ring (bicyclic) bond motifs is 1. The third-order valence-corrected chi connectivity index (χ3v) is 4.45. The van der Waals surface area contributed by atoms with E-state index in [0.717, 1.165) is 15.1 Å². The van der Waals surface area contributed by atoms with Crippen LogP contribution in [0.4, 0.5) is 5.69 Å². The summed E-state index contributed by atoms with van der Waals surface area (Å²) in [5.41, 5.74) is 0.838. The zero-order chi connectivity index (χ0) is 11.8. The van der Waals surface area contributed by atoms with Gasteiger partial charge in [-0.2, -0.15) is 0 Å². The van der Waals surface area contributed by atoms with Gasteiger partial charge in [-0.05, 0) is 40.2 Å². The number of anilines is 1. The van der Waals surface area contributed by atoms with Crippen LogP contribution in [0.3, 0.4) is 0 Å². The molecule has 2 heterocycles. The minimum absolute atomic E-state index is 0.0515. The molecule has 1 aliphatic rings. The van der Waals surface area contributed by atoms with E-state index in [-0.39, 0.29) is 11.2 Å². The van der Waals surface area contributed by atoms with Crippen molar-refractivity contribution in [1.29, 1.82) is 0 Å². The fraction of sp³-hybridized carbons (Fsp3) is 0.0833. The Balaban J connectivity index is 2.01. The number of nitrogens with one attached hydrogen (secondary N) is 1. The van der Waals surface area contributed by atoms with Crippen LogP contribution in [0.2, 0.25) is 0 Å². The normalized spacial score (nSPS) is 18.6. The topological polar surface area (TPSA) is 42.2 Å². The standard InChI is InChI=1S/C12H8BrNO2S/c13-7-3-1-5-9-10(7)14-12(15)11(17-9)8-4-2-6-16-8/h1-6,11H,(H,14,15). The van der Waals surface area contributed by atoms with Crippen LogP contribution in [0.15, 0.2) is 50.4 Å². The lowest BCUT2D eigenvalue weighted by molar-refractivity contribution is -0.116. The van der Waals surface area contributed by atoms with E-state index in [0.29, 0.717) is 5.76 Å². The maximum atomic E-state index is 12.0. The number of carbonyl (C=O) groups excluding carboxylic acids is 1. The third kappa shape index (κ3) is 1.89. The summed E-state index contributed by atoms with van der Waals surface area (Å²) in [6, 6.07) is 9.46. The molecule has 1 amide bonds. The summed E-state index contributed by atoms with van der Waals surface area (Å²) in [6.07, 6.45) is 1.58. The molecule has 0 saturated heterocycles. The Bertz CT molecular complexity index is 568. The Kier molecular flexibility index (Phi) is 2.72. The van der Waals surface area contributed by atoms with Gasteiger partial charge in [0.15, 0.2) is 0 Å². The Morgan fingerprint density at radius 3 is 2.94 bits per heavy atom. The van der Waals surface area contributed by atoms with Crippen molar-refractivity contribution in [3.8, 4) is 0 Å². The molecular weight excluding hydrogens is 302 g/mol. The molecule has 2 aromatic rings. The second kappa shape index (κ2) is 4.23. The van der Waals surface area contributed by atoms with E-state index in [4.69, 9.17) is 4.42 Å². The first-order valence-corrected chi connectivity index (χ1v) is 6.72. The molecule has 17 heavy (non-hydrogen) atoms. The van der Waals surface area contributed by atoms with Crippen molar-refractivity contribution >= 4 is 39.3 Å². The van der Waals surface area contributed by atoms with Gasteiger partial charge in [0.25, 0.3) is 0 Å². The molecule has 3 nitrogen and oxygen atoms in total. The maximum absolute atomic E-state index is 12.0. The fourth-order valence-electron chi connectivity index (χ4n) is 1.72. The first-order valence-electron chi connectivity index (χ1n) is 5.05. The highest BCUT2D eigenvalue weighted by atomic mass is 79.9. The molecule has 0 aliphatic carbocycles. The lowest BCUT2D eigenvalue weighted by Gasteiger charge is -2.23. The largest absolute Gasteiger partial charge is 0.468 e. The van der Waals surface area contributed by atoms with Crippen LogP contribution in [-0.2, 0) is 4.79 Å². The third-order valence-electron chi connectivity index (χ3n) is 2.51. The predicted octanol–water partition coefficient (Wildman–Crippen LogP) is 3.83. The molecule has 0 bridgehead atoms. The highest BCUT2D eigenvalue weighted by molar-refractivity contribution is 9.10. The summed E-state index contributed by atoms with van der Waals surface area (Å²) in [7, 11) is 0. The van der Waals surface area contributed by atoms with E-state index in [1.165, 1.54) is 11.8 Å². The second-order valence-electron chi connectivity index (χ2n) is 3.62. The van der Waals surface area contributed by atoms with Crippen molar-refractivity contribution in [1.82, 2.24) is 0 Å². The fourth-order valence-corrected chi connectivity index (χ4v) is 3.42. The van der Waals surface area contributed by atoms with Gasteiger partial charge in [0, 0.05) is 9.37 Å². The van der Waals surface area contributed by atoms with Gasteiger partial charge in [-0.3, -0.25) is 4.79 Å². The highest BCUT2D eigenvalue weighted by Gasteiger charge is 2.31. The van der Waals surface area contributed by atoms with E-state index < -0.39 is 0 Å². The summed E-state index contributed by atoms with van der Waals surface area (Å²) in [4.78, 5) is 13.0. The number of hydrogen-bond acceptors (Lipinski definition) is 3. The highest BCUT2D eigenvalue weighted by Crippen LogP contribution is 2.46. The SMILES string of the molecule is O=C1Nc2c(Br)cccc2SC1c1ccco1. The molecule has 3 rings (SSSR count). The number of thioether (sulfide) groups is 1. The minimum Gasteiger partial charge on any atom is -0.468 e. The first kappa shape index (κ1) is 10.9. The van der Waals surface area contributed by atoms with E-state index in [9.17, 15) is 4.79 Å². The van der Waals surface area contributed by atoms with Crippen LogP contribution in [0.5, 0.6) is 0 Å². The van der Waals surface area contributed by atoms with Gasteiger partial charge in [0.2, 0.25) is 5.91 Å². The lowest BCUT2D eigenvalue weighted by Crippen LogP contribution is -2.23. The van der Waals surface area contributed by atoms with Gasteiger partial charge < -0.3 is 9.73 Å². The van der Waals surface area contributed by atoms with Crippen LogP contribution in [0, 0.1) is 0 Å². The Morgan fingerprint density at radius 1 is 1.29 bits per heavy atom. The molecule has 1 aromatic carbocycles. The van der Waals surface area contributed by atoms with E-state index in [1.54, 1.807) is 12.3 Å². The van der Waals surface area contributed by atoms with Gasteiger partial charge in [-0.15, -0.1) is 11.8 Å². The van der Waals surface area contributed by atoms with Crippen molar-refractivity contribution in [2.45, 2.75) is 10.1 Å². The van der Waals surface area contributed by atoms with Crippen LogP contribution in [-0.4, -0.2) is 5.91 Å². The number of rotatable bonds is 1. The number of furan rings is 1. The van der Waals surface area contributed by atoms with Crippen molar-refractivity contribution in [3.63, 3.8) is 0 Å². The molecule has 1 aliphatic heterocycles. The molecular formula is C12H8BrNO2S. The summed E-state index contributed by atoms with van der Waals surface area (Å²) in [5.74, 6) is 0.627. The average molecular weight is 310 g/mol. The molecule has 86 valence electrons. The van der Waals surface area contributed by atoms with Crippen molar-refractivity contribution < 1.29 is 9.21 Å². The number of amides is 1. The lowest BCUT2D eigenvalue weighted by atomic mass is 10.2. The van der Waals surface area contributed by atoms with E-state index in [2.05, 4.69) is 21.2 Å². The molecule has 0 saturated carbocycles. The second-order valence-corrected chi connectivity index (χ2v) is 5.62. The Labute approximate surface area is 111 Å². The Morgan fingerprint density at radius 2 is 2.18 bits per heavy atom. The van der Waals surface area contributed by atoms with Crippen LogP contribution < -0.4 is 5.32 Å². The zero-order valence-corrected chi connectivity index (χ0v) is 11.0. The van der Waals surface area contributed by atoms with Crippen LogP contribution in [0.1, 0.15) is 11.0 Å². The predicted molar refractivity (Wildman–Crippen MR) is 70.1 cm³/mol. The quantitative estimate of drug-likeness (QED) is 0.870. The Hall–Kier alpha value is -1.20. The monoisotopic (exact) mass is 309 g/mol. The molecule has 1 unspecified atom stereocenters. The van der Waals surface area contributed by atoms with Gasteiger partial charge in [-0.1, -0.05) is 6.07 Å². The minimum atomic E-state index is -0.313. The van der Waals surface area contributed by atoms with Crippen molar-refractivity contribution in [2.24, 2.45) is 0 Å². The average Bonchev–Trinajstić information content (AvgIpc) is 2.83. The number of hydrogen-bond donors (Lipinski definition) is 1. The van der Waals surface area contributed by atoms with Crippen molar-refractivity contribution in [2.75, 3.05) is 5.32 Å².